The Morgan fingerprint density at radius 3 is 2.53 bits per heavy atom. The van der Waals surface area contributed by atoms with E-state index in [1.54, 1.807) is 18.4 Å². The predicted molar refractivity (Wildman–Crippen MR) is 128 cm³/mol. The first-order valence-electron chi connectivity index (χ1n) is 12.2. The molecule has 3 N–H and O–H groups in total. The molecule has 0 bridgehead atoms. The van der Waals surface area contributed by atoms with E-state index >= 15 is 0 Å². The maximum atomic E-state index is 12.6. The Morgan fingerprint density at radius 2 is 1.91 bits per heavy atom. The molecular formula is C22H35N5O6Sn. The molecule has 2 aromatic heterocycles. The molecule has 0 radical (unpaired) electrons. The van der Waals surface area contributed by atoms with E-state index in [2.05, 4.69) is 34.1 Å². The second kappa shape index (κ2) is 10.6. The van der Waals surface area contributed by atoms with Crippen molar-refractivity contribution in [3.05, 3.63) is 16.7 Å². The van der Waals surface area contributed by atoms with E-state index in [0.717, 1.165) is 34.6 Å². The van der Waals surface area contributed by atoms with Crippen LogP contribution in [0.2, 0.25) is 8.87 Å². The number of anilines is 1. The summed E-state index contributed by atoms with van der Waals surface area (Å²) in [5, 5.41) is 12.7. The molecule has 12 heteroatoms. The summed E-state index contributed by atoms with van der Waals surface area (Å²) in [6.45, 7) is 7.64. The molecule has 2 saturated heterocycles. The summed E-state index contributed by atoms with van der Waals surface area (Å²) in [6, 6.07) is 0. The average molecular weight is 584 g/mol. The molecule has 188 valence electrons. The number of rotatable bonds is 10. The third-order valence-corrected chi connectivity index (χ3v) is 16.8. The summed E-state index contributed by atoms with van der Waals surface area (Å²) >= 11 is -3.37. The van der Waals surface area contributed by atoms with Crippen molar-refractivity contribution in [2.24, 2.45) is 5.92 Å². The monoisotopic (exact) mass is 585 g/mol. The first-order chi connectivity index (χ1) is 16.3. The Labute approximate surface area is 203 Å². The van der Waals surface area contributed by atoms with Crippen LogP contribution in [0.4, 0.5) is 5.95 Å². The molecule has 4 rings (SSSR count). The van der Waals surface area contributed by atoms with Gasteiger partial charge >= 0.3 is 204 Å². The van der Waals surface area contributed by atoms with E-state index in [-0.39, 0.29) is 41.6 Å². The van der Waals surface area contributed by atoms with E-state index in [1.165, 1.54) is 6.33 Å². The number of aliphatic hydroxyl groups is 1. The Morgan fingerprint density at radius 1 is 1.24 bits per heavy atom. The van der Waals surface area contributed by atoms with Crippen molar-refractivity contribution in [2.75, 3.05) is 11.9 Å². The summed E-state index contributed by atoms with van der Waals surface area (Å²) in [7, 11) is 0. The number of amides is 1. The molecule has 2 aliphatic heterocycles. The summed E-state index contributed by atoms with van der Waals surface area (Å²) in [5.74, 6) is -0.482. The number of hydrogen-bond donors (Lipinski definition) is 3. The quantitative estimate of drug-likeness (QED) is 0.362. The Bertz CT molecular complexity index is 1060. The number of carbonyl (C=O) groups excluding carboxylic acids is 1. The summed E-state index contributed by atoms with van der Waals surface area (Å²) in [5.41, 5.74) is -0.0385. The van der Waals surface area contributed by atoms with Gasteiger partial charge in [0.25, 0.3) is 0 Å². The first kappa shape index (κ1) is 25.5. The van der Waals surface area contributed by atoms with Crippen molar-refractivity contribution >= 4 is 42.2 Å². The number of carbonyl (C=O) groups is 1. The molecule has 0 spiro atoms. The van der Waals surface area contributed by atoms with Crippen molar-refractivity contribution in [2.45, 2.75) is 86.8 Å². The molecule has 4 atom stereocenters. The van der Waals surface area contributed by atoms with Crippen LogP contribution < -0.4 is 10.9 Å². The first-order valence-corrected chi connectivity index (χ1v) is 18.6. The molecule has 2 unspecified atom stereocenters. The van der Waals surface area contributed by atoms with E-state index < -0.39 is 43.2 Å². The number of imidazole rings is 1. The van der Waals surface area contributed by atoms with Crippen LogP contribution >= 0.6 is 0 Å². The molecule has 1 amide bonds. The van der Waals surface area contributed by atoms with Gasteiger partial charge in [0.05, 0.1) is 0 Å². The topological polar surface area (TPSA) is 141 Å². The molecule has 2 aliphatic rings. The van der Waals surface area contributed by atoms with Gasteiger partial charge in [-0.05, 0) is 0 Å². The molecule has 2 fully saturated rings. The second-order valence-electron chi connectivity index (χ2n) is 9.41. The number of nitrogens with one attached hydrogen (secondary N) is 2. The van der Waals surface area contributed by atoms with Gasteiger partial charge in [-0.15, -0.1) is 0 Å². The van der Waals surface area contributed by atoms with Crippen molar-refractivity contribution in [1.82, 2.24) is 19.5 Å². The minimum absolute atomic E-state index is 0.0502. The van der Waals surface area contributed by atoms with Crippen LogP contribution in [0.25, 0.3) is 11.2 Å². The fraction of sp³-hybridized carbons (Fsp3) is 0.727. The van der Waals surface area contributed by atoms with Crippen LogP contribution in [0.5, 0.6) is 0 Å². The molecule has 4 heterocycles. The number of aliphatic hydroxyl groups excluding tert-OH is 1. The summed E-state index contributed by atoms with van der Waals surface area (Å²) < 4.78 is 23.2. The number of nitrogens with zero attached hydrogens (tertiary/aromatic N) is 3. The van der Waals surface area contributed by atoms with E-state index in [4.69, 9.17) is 10.9 Å². The van der Waals surface area contributed by atoms with Gasteiger partial charge in [-0.2, -0.15) is 0 Å². The Kier molecular flexibility index (Phi) is 7.97. The maximum absolute atomic E-state index is 12.6. The van der Waals surface area contributed by atoms with Crippen LogP contribution in [-0.2, 0) is 15.7 Å². The zero-order chi connectivity index (χ0) is 24.5. The molecule has 0 aliphatic carbocycles. The molecule has 0 aromatic carbocycles. The number of ether oxygens (including phenoxy) is 1. The summed E-state index contributed by atoms with van der Waals surface area (Å²) in [4.78, 5) is 36.0. The fourth-order valence-corrected chi connectivity index (χ4v) is 16.2. The van der Waals surface area contributed by atoms with Crippen molar-refractivity contribution in [1.29, 1.82) is 0 Å². The number of H-pyrrole nitrogens is 1. The number of hydrogen-bond acceptors (Lipinski definition) is 8. The van der Waals surface area contributed by atoms with Crippen LogP contribution in [0.1, 0.15) is 59.6 Å². The molecule has 2 aromatic rings. The SMILES string of the molecule is CCC[CH2][Sn]1([CH2]CCC)[O]C2C([O]1)[C@@H](CO)O[C@H]2n1cnc2c(=O)[nH]c(NC(=O)C(C)C)nc21. The predicted octanol–water partition coefficient (Wildman–Crippen LogP) is 2.43. The van der Waals surface area contributed by atoms with Gasteiger partial charge in [0.2, 0.25) is 0 Å². The van der Waals surface area contributed by atoms with Gasteiger partial charge in [0.15, 0.2) is 0 Å². The zero-order valence-electron chi connectivity index (χ0n) is 20.2. The number of unbranched alkanes of at least 4 members (excludes halogenated alkanes) is 2. The van der Waals surface area contributed by atoms with E-state index in [9.17, 15) is 14.7 Å². The second-order valence-corrected chi connectivity index (χ2v) is 18.8. The Balaban J connectivity index is 1.68. The molecule has 34 heavy (non-hydrogen) atoms. The normalized spacial score (nSPS) is 25.8. The van der Waals surface area contributed by atoms with E-state index in [0.29, 0.717) is 0 Å². The van der Waals surface area contributed by atoms with Crippen LogP contribution in [0.15, 0.2) is 11.1 Å². The van der Waals surface area contributed by atoms with Crippen molar-refractivity contribution in [3.8, 4) is 0 Å². The van der Waals surface area contributed by atoms with E-state index in [1.807, 2.05) is 0 Å². The minimum atomic E-state index is -3.37. The molecular weight excluding hydrogens is 549 g/mol. The summed E-state index contributed by atoms with van der Waals surface area (Å²) in [6.07, 6.45) is 3.80. The van der Waals surface area contributed by atoms with Crippen LogP contribution in [0, 0.1) is 5.92 Å². The standard InChI is InChI=1S/C14H17N5O6.2C4H9.Sn/c1-5(2)11(23)17-14-16-10-7(12(24)18-14)15-4-19(10)13-9(22)8(21)6(3-20)25-13;2*1-3-4-2;/h4-6,8-9,13,20H,3H2,1-2H3,(H2,16,17,18,23,24);2*1,3-4H2,2H3;/q-2;;;+2/t6-,8?,9?,13-;;;/m1.../s1. The van der Waals surface area contributed by atoms with Crippen LogP contribution in [0.3, 0.4) is 0 Å². The average Bonchev–Trinajstić information content (AvgIpc) is 3.48. The molecule has 11 nitrogen and oxygen atoms in total. The zero-order valence-corrected chi connectivity index (χ0v) is 23.1. The number of fused-ring (bicyclic) bond motifs is 2. The number of aromatic nitrogens is 4. The van der Waals surface area contributed by atoms with Crippen molar-refractivity contribution < 1.29 is 20.8 Å². The third kappa shape index (κ3) is 4.90. The van der Waals surface area contributed by atoms with Gasteiger partial charge in [0, 0.05) is 0 Å². The van der Waals surface area contributed by atoms with Crippen molar-refractivity contribution in [3.63, 3.8) is 0 Å². The van der Waals surface area contributed by atoms with Gasteiger partial charge < -0.3 is 0 Å². The number of aromatic amines is 1. The van der Waals surface area contributed by atoms with Gasteiger partial charge in [-0.3, -0.25) is 0 Å². The third-order valence-electron chi connectivity index (χ3n) is 6.46. The van der Waals surface area contributed by atoms with Gasteiger partial charge in [-0.1, -0.05) is 0 Å². The van der Waals surface area contributed by atoms with Crippen LogP contribution in [-0.4, -0.2) is 74.7 Å². The van der Waals surface area contributed by atoms with Gasteiger partial charge in [0.1, 0.15) is 0 Å². The molecule has 0 saturated carbocycles. The Hall–Kier alpha value is -1.54. The van der Waals surface area contributed by atoms with Gasteiger partial charge in [-0.25, -0.2) is 0 Å². The fourth-order valence-electron chi connectivity index (χ4n) is 4.56.